The number of nitrogens with zero attached hydrogens (tertiary/aromatic N) is 1. The summed E-state index contributed by atoms with van der Waals surface area (Å²) >= 11 is 3.33. The Morgan fingerprint density at radius 3 is 2.67 bits per heavy atom. The molecule has 0 aliphatic carbocycles. The molecule has 1 heterocycles. The Labute approximate surface area is 105 Å². The van der Waals surface area contributed by atoms with E-state index in [0.29, 0.717) is 0 Å². The maximum absolute atomic E-state index is 5.98. The highest BCUT2D eigenvalue weighted by atomic mass is 79.9. The highest BCUT2D eigenvalue weighted by Crippen LogP contribution is 2.16. The van der Waals surface area contributed by atoms with Crippen LogP contribution < -0.4 is 11.5 Å². The largest absolute Gasteiger partial charge is 0.330 e. The summed E-state index contributed by atoms with van der Waals surface area (Å²) in [5, 5.41) is 0. The van der Waals surface area contributed by atoms with Crippen LogP contribution in [0, 0.1) is 0 Å². The molecule has 0 aromatic carbocycles. The van der Waals surface area contributed by atoms with Crippen LogP contribution in [0.15, 0.2) is 22.8 Å². The quantitative estimate of drug-likeness (QED) is 0.647. The fourth-order valence-electron chi connectivity index (χ4n) is 1.29. The molecule has 0 aliphatic heterocycles. The number of halogens is 2. The summed E-state index contributed by atoms with van der Waals surface area (Å²) in [6, 6.07) is 5.84. The van der Waals surface area contributed by atoms with Crippen LogP contribution in [-0.4, -0.2) is 11.5 Å². The lowest BCUT2D eigenvalue weighted by Crippen LogP contribution is -2.12. The Kier molecular flexibility index (Phi) is 7.96. The van der Waals surface area contributed by atoms with E-state index in [-0.39, 0.29) is 18.4 Å². The molecule has 0 unspecified atom stereocenters. The standard InChI is InChI=1S/C10H16BrN3.ClH/c11-10-6-3-5-9(14-10)8(13)4-1-2-7-12;/h3,5-6,8H,1-2,4,7,12-13H2;1H/t8-;/m1./s1. The normalized spacial score (nSPS) is 11.9. The summed E-state index contributed by atoms with van der Waals surface area (Å²) < 4.78 is 0.837. The summed E-state index contributed by atoms with van der Waals surface area (Å²) in [5.74, 6) is 0. The van der Waals surface area contributed by atoms with Crippen LogP contribution in [-0.2, 0) is 0 Å². The first kappa shape index (κ1) is 14.8. The van der Waals surface area contributed by atoms with Crippen LogP contribution >= 0.6 is 28.3 Å². The van der Waals surface area contributed by atoms with E-state index < -0.39 is 0 Å². The van der Waals surface area contributed by atoms with E-state index >= 15 is 0 Å². The van der Waals surface area contributed by atoms with Crippen LogP contribution in [0.25, 0.3) is 0 Å². The van der Waals surface area contributed by atoms with Gasteiger partial charge in [-0.25, -0.2) is 4.98 Å². The SMILES string of the molecule is Cl.NCCCC[C@@H](N)c1cccc(Br)n1. The van der Waals surface area contributed by atoms with Crippen molar-refractivity contribution in [3.63, 3.8) is 0 Å². The number of nitrogens with two attached hydrogens (primary N) is 2. The molecule has 0 bridgehead atoms. The van der Waals surface area contributed by atoms with Crippen LogP contribution in [0.2, 0.25) is 0 Å². The molecule has 1 rings (SSSR count). The molecule has 0 amide bonds. The van der Waals surface area contributed by atoms with Crippen LogP contribution in [0.5, 0.6) is 0 Å². The molecule has 1 aromatic rings. The monoisotopic (exact) mass is 293 g/mol. The smallest absolute Gasteiger partial charge is 0.106 e. The minimum absolute atomic E-state index is 0. The van der Waals surface area contributed by atoms with Gasteiger partial charge in [-0.2, -0.15) is 0 Å². The Morgan fingerprint density at radius 1 is 1.33 bits per heavy atom. The second-order valence-electron chi connectivity index (χ2n) is 3.28. The Morgan fingerprint density at radius 2 is 2.07 bits per heavy atom. The van der Waals surface area contributed by atoms with Crippen molar-refractivity contribution >= 4 is 28.3 Å². The van der Waals surface area contributed by atoms with E-state index in [1.165, 1.54) is 0 Å². The zero-order valence-corrected chi connectivity index (χ0v) is 10.9. The van der Waals surface area contributed by atoms with Gasteiger partial charge in [-0.3, -0.25) is 0 Å². The van der Waals surface area contributed by atoms with Gasteiger partial charge in [0.1, 0.15) is 4.60 Å². The van der Waals surface area contributed by atoms with E-state index in [4.69, 9.17) is 11.5 Å². The average Bonchev–Trinajstić information content (AvgIpc) is 2.18. The van der Waals surface area contributed by atoms with Crippen LogP contribution in [0.4, 0.5) is 0 Å². The van der Waals surface area contributed by atoms with Gasteiger partial charge in [0, 0.05) is 6.04 Å². The van der Waals surface area contributed by atoms with Crippen molar-refractivity contribution in [2.45, 2.75) is 25.3 Å². The zero-order valence-electron chi connectivity index (χ0n) is 8.53. The predicted octanol–water partition coefficient (Wildman–Crippen LogP) is 2.39. The fraction of sp³-hybridized carbons (Fsp3) is 0.500. The molecule has 5 heteroatoms. The van der Waals surface area contributed by atoms with E-state index in [1.54, 1.807) is 0 Å². The third-order valence-corrected chi connectivity index (χ3v) is 2.53. The molecular weight excluding hydrogens is 277 g/mol. The Balaban J connectivity index is 0.00000196. The molecule has 86 valence electrons. The maximum Gasteiger partial charge on any atom is 0.106 e. The first-order chi connectivity index (χ1) is 6.74. The molecule has 1 aromatic heterocycles. The molecular formula is C10H17BrClN3. The van der Waals surface area contributed by atoms with E-state index in [9.17, 15) is 0 Å². The van der Waals surface area contributed by atoms with E-state index in [2.05, 4.69) is 20.9 Å². The summed E-state index contributed by atoms with van der Waals surface area (Å²) in [6.45, 7) is 0.735. The van der Waals surface area contributed by atoms with Crippen molar-refractivity contribution in [1.29, 1.82) is 0 Å². The van der Waals surface area contributed by atoms with Gasteiger partial charge < -0.3 is 11.5 Å². The molecule has 3 nitrogen and oxygen atoms in total. The number of pyridine rings is 1. The maximum atomic E-state index is 5.98. The summed E-state index contributed by atoms with van der Waals surface area (Å²) in [7, 11) is 0. The number of unbranched alkanes of at least 4 members (excludes halogenated alkanes) is 1. The molecule has 1 atom stereocenters. The average molecular weight is 295 g/mol. The van der Waals surface area contributed by atoms with E-state index in [1.807, 2.05) is 18.2 Å². The van der Waals surface area contributed by atoms with Crippen LogP contribution in [0.3, 0.4) is 0 Å². The lowest BCUT2D eigenvalue weighted by atomic mass is 10.1. The highest BCUT2D eigenvalue weighted by Gasteiger charge is 2.06. The molecule has 4 N–H and O–H groups in total. The van der Waals surface area contributed by atoms with Crippen molar-refractivity contribution in [2.24, 2.45) is 11.5 Å². The van der Waals surface area contributed by atoms with Crippen molar-refractivity contribution in [1.82, 2.24) is 4.98 Å². The highest BCUT2D eigenvalue weighted by molar-refractivity contribution is 9.10. The van der Waals surface area contributed by atoms with Crippen molar-refractivity contribution in [2.75, 3.05) is 6.54 Å². The molecule has 0 saturated carbocycles. The van der Waals surface area contributed by atoms with Gasteiger partial charge in [-0.1, -0.05) is 12.5 Å². The third-order valence-electron chi connectivity index (χ3n) is 2.09. The van der Waals surface area contributed by atoms with Crippen molar-refractivity contribution in [3.8, 4) is 0 Å². The zero-order chi connectivity index (χ0) is 10.4. The van der Waals surface area contributed by atoms with Gasteiger partial charge in [0.2, 0.25) is 0 Å². The third kappa shape index (κ3) is 5.47. The second kappa shape index (κ2) is 8.05. The molecule has 0 fully saturated rings. The number of hydrogen-bond donors (Lipinski definition) is 2. The van der Waals surface area contributed by atoms with Gasteiger partial charge in [-0.15, -0.1) is 12.4 Å². The van der Waals surface area contributed by atoms with Crippen molar-refractivity contribution in [3.05, 3.63) is 28.5 Å². The van der Waals surface area contributed by atoms with E-state index in [0.717, 1.165) is 36.1 Å². The van der Waals surface area contributed by atoms with Gasteiger partial charge in [0.25, 0.3) is 0 Å². The molecule has 0 saturated heterocycles. The first-order valence-corrected chi connectivity index (χ1v) is 5.61. The van der Waals surface area contributed by atoms with Gasteiger partial charge in [0.05, 0.1) is 5.69 Å². The minimum Gasteiger partial charge on any atom is -0.330 e. The van der Waals surface area contributed by atoms with Gasteiger partial charge in [-0.05, 0) is 47.4 Å². The predicted molar refractivity (Wildman–Crippen MR) is 69.0 cm³/mol. The van der Waals surface area contributed by atoms with Crippen molar-refractivity contribution < 1.29 is 0 Å². The molecule has 15 heavy (non-hydrogen) atoms. The Hall–Kier alpha value is -0.160. The molecule has 0 aliphatic rings. The number of aromatic nitrogens is 1. The number of rotatable bonds is 5. The number of hydrogen-bond acceptors (Lipinski definition) is 3. The summed E-state index contributed by atoms with van der Waals surface area (Å²) in [4.78, 5) is 4.31. The fourth-order valence-corrected chi connectivity index (χ4v) is 1.64. The van der Waals surface area contributed by atoms with Gasteiger partial charge in [0.15, 0.2) is 0 Å². The second-order valence-corrected chi connectivity index (χ2v) is 4.09. The summed E-state index contributed by atoms with van der Waals surface area (Å²) in [5.41, 5.74) is 12.3. The molecule has 0 radical (unpaired) electrons. The molecule has 0 spiro atoms. The van der Waals surface area contributed by atoms with Gasteiger partial charge >= 0.3 is 0 Å². The van der Waals surface area contributed by atoms with Crippen LogP contribution in [0.1, 0.15) is 31.0 Å². The Bertz CT molecular complexity index is 283. The topological polar surface area (TPSA) is 64.9 Å². The minimum atomic E-state index is 0. The lowest BCUT2D eigenvalue weighted by Gasteiger charge is -2.10. The summed E-state index contributed by atoms with van der Waals surface area (Å²) in [6.07, 6.45) is 3.04. The first-order valence-electron chi connectivity index (χ1n) is 4.82. The lowest BCUT2D eigenvalue weighted by molar-refractivity contribution is 0.579.